The summed E-state index contributed by atoms with van der Waals surface area (Å²) in [6, 6.07) is 5.95. The van der Waals surface area contributed by atoms with Crippen molar-refractivity contribution in [2.24, 2.45) is 0 Å². The van der Waals surface area contributed by atoms with Crippen LogP contribution in [0, 0.1) is 6.92 Å². The van der Waals surface area contributed by atoms with Gasteiger partial charge in [-0.1, -0.05) is 6.07 Å². The number of benzene rings is 1. The third-order valence-corrected chi connectivity index (χ3v) is 2.69. The first-order chi connectivity index (χ1) is 5.79. The van der Waals surface area contributed by atoms with Crippen LogP contribution in [0.2, 0.25) is 0 Å². The molecule has 3 heteroatoms. The lowest BCUT2D eigenvalue weighted by Gasteiger charge is -1.88. The highest BCUT2D eigenvalue weighted by atomic mass is 32.1. The van der Waals surface area contributed by atoms with Crippen LogP contribution in [0.15, 0.2) is 18.2 Å². The quantitative estimate of drug-likeness (QED) is 0.658. The number of halogens is 1. The van der Waals surface area contributed by atoms with Crippen LogP contribution in [0.3, 0.4) is 0 Å². The van der Waals surface area contributed by atoms with Crippen molar-refractivity contribution < 1.29 is 4.39 Å². The van der Waals surface area contributed by atoms with Gasteiger partial charge in [0.1, 0.15) is 11.7 Å². The predicted octanol–water partition coefficient (Wildman–Crippen LogP) is 3.07. The zero-order valence-corrected chi connectivity index (χ0v) is 7.49. The van der Waals surface area contributed by atoms with Crippen LogP contribution in [0.4, 0.5) is 4.39 Å². The van der Waals surface area contributed by atoms with Crippen LogP contribution in [-0.2, 0) is 6.67 Å². The molecule has 0 N–H and O–H groups in total. The highest BCUT2D eigenvalue weighted by Gasteiger charge is 2.02. The Morgan fingerprint density at radius 3 is 3.08 bits per heavy atom. The van der Waals surface area contributed by atoms with Crippen LogP contribution >= 0.6 is 11.3 Å². The number of thiazole rings is 1. The minimum absolute atomic E-state index is 0.460. The Kier molecular flexibility index (Phi) is 1.81. The summed E-state index contributed by atoms with van der Waals surface area (Å²) in [6.45, 7) is 1.56. The van der Waals surface area contributed by atoms with Crippen molar-refractivity contribution in [3.63, 3.8) is 0 Å². The molecule has 0 unspecified atom stereocenters. The minimum Gasteiger partial charge on any atom is -0.243 e. The topological polar surface area (TPSA) is 12.9 Å². The van der Waals surface area contributed by atoms with Gasteiger partial charge < -0.3 is 0 Å². The molecule has 0 fully saturated rings. The molecule has 0 bridgehead atoms. The second-order valence-electron chi connectivity index (χ2n) is 2.71. The minimum atomic E-state index is -0.460. The molecular formula is C9H8FNS. The average Bonchev–Trinajstić information content (AvgIpc) is 2.46. The van der Waals surface area contributed by atoms with Crippen LogP contribution in [0.1, 0.15) is 10.6 Å². The molecule has 62 valence electrons. The number of fused-ring (bicyclic) bond motifs is 1. The summed E-state index contributed by atoms with van der Waals surface area (Å²) >= 11 is 1.43. The number of rotatable bonds is 1. The maximum Gasteiger partial charge on any atom is 0.141 e. The molecule has 0 aliphatic heterocycles. The van der Waals surface area contributed by atoms with E-state index in [0.29, 0.717) is 5.01 Å². The number of aryl methyl sites for hydroxylation is 1. The Bertz CT molecular complexity index is 408. The van der Waals surface area contributed by atoms with Crippen LogP contribution in [0.25, 0.3) is 10.2 Å². The molecule has 0 saturated carbocycles. The number of nitrogens with zero attached hydrogens (tertiary/aromatic N) is 1. The van der Waals surface area contributed by atoms with Crippen molar-refractivity contribution in [2.45, 2.75) is 13.6 Å². The first-order valence-corrected chi connectivity index (χ1v) is 4.53. The predicted molar refractivity (Wildman–Crippen MR) is 49.2 cm³/mol. The second-order valence-corrected chi connectivity index (χ2v) is 3.83. The molecule has 1 heterocycles. The Labute approximate surface area is 73.9 Å². The van der Waals surface area contributed by atoms with Gasteiger partial charge in [-0.05, 0) is 24.6 Å². The van der Waals surface area contributed by atoms with Crippen molar-refractivity contribution >= 4 is 21.6 Å². The van der Waals surface area contributed by atoms with E-state index in [1.54, 1.807) is 0 Å². The summed E-state index contributed by atoms with van der Waals surface area (Å²) in [6.07, 6.45) is 0. The third kappa shape index (κ3) is 1.20. The van der Waals surface area contributed by atoms with Gasteiger partial charge in [0, 0.05) is 0 Å². The lowest BCUT2D eigenvalue weighted by molar-refractivity contribution is 0.484. The molecule has 1 aromatic carbocycles. The maximum absolute atomic E-state index is 12.2. The van der Waals surface area contributed by atoms with E-state index in [0.717, 1.165) is 10.2 Å². The van der Waals surface area contributed by atoms with Gasteiger partial charge in [0.15, 0.2) is 0 Å². The van der Waals surface area contributed by atoms with E-state index in [1.807, 2.05) is 25.1 Å². The van der Waals surface area contributed by atoms with Crippen LogP contribution in [0.5, 0.6) is 0 Å². The van der Waals surface area contributed by atoms with Gasteiger partial charge in [-0.25, -0.2) is 9.37 Å². The Morgan fingerprint density at radius 1 is 1.50 bits per heavy atom. The first kappa shape index (κ1) is 7.68. The van der Waals surface area contributed by atoms with Crippen molar-refractivity contribution in [1.82, 2.24) is 4.98 Å². The summed E-state index contributed by atoms with van der Waals surface area (Å²) in [7, 11) is 0. The smallest absolute Gasteiger partial charge is 0.141 e. The van der Waals surface area contributed by atoms with Crippen LogP contribution < -0.4 is 0 Å². The summed E-state index contributed by atoms with van der Waals surface area (Å²) in [5, 5.41) is 0.565. The number of hydrogen-bond donors (Lipinski definition) is 0. The zero-order valence-electron chi connectivity index (χ0n) is 6.67. The van der Waals surface area contributed by atoms with Crippen molar-refractivity contribution in [3.05, 3.63) is 28.8 Å². The largest absolute Gasteiger partial charge is 0.243 e. The fourth-order valence-electron chi connectivity index (χ4n) is 1.14. The number of hydrogen-bond acceptors (Lipinski definition) is 2. The van der Waals surface area contributed by atoms with Gasteiger partial charge in [0.25, 0.3) is 0 Å². The molecule has 12 heavy (non-hydrogen) atoms. The third-order valence-electron chi connectivity index (χ3n) is 1.70. The standard InChI is InChI=1S/C9H8FNS/c1-6-2-3-7-8(4-6)12-9(5-10)11-7/h2-4H,5H2,1H3. The molecule has 1 nitrogen and oxygen atoms in total. The van der Waals surface area contributed by atoms with E-state index in [4.69, 9.17) is 0 Å². The van der Waals surface area contributed by atoms with E-state index in [1.165, 1.54) is 16.9 Å². The zero-order chi connectivity index (χ0) is 8.55. The van der Waals surface area contributed by atoms with Crippen molar-refractivity contribution in [1.29, 1.82) is 0 Å². The molecule has 2 aromatic rings. The number of alkyl halides is 1. The SMILES string of the molecule is Cc1ccc2nc(CF)sc2c1. The van der Waals surface area contributed by atoms with Gasteiger partial charge in [-0.15, -0.1) is 11.3 Å². The summed E-state index contributed by atoms with van der Waals surface area (Å²) in [5.41, 5.74) is 2.09. The normalized spacial score (nSPS) is 10.8. The lowest BCUT2D eigenvalue weighted by Crippen LogP contribution is -1.73. The molecule has 1 aromatic heterocycles. The van der Waals surface area contributed by atoms with Gasteiger partial charge in [-0.2, -0.15) is 0 Å². The fraction of sp³-hybridized carbons (Fsp3) is 0.222. The highest BCUT2D eigenvalue weighted by molar-refractivity contribution is 7.18. The lowest BCUT2D eigenvalue weighted by atomic mass is 10.2. The van der Waals surface area contributed by atoms with E-state index in [9.17, 15) is 4.39 Å². The van der Waals surface area contributed by atoms with E-state index in [-0.39, 0.29) is 0 Å². The van der Waals surface area contributed by atoms with Crippen molar-refractivity contribution in [3.8, 4) is 0 Å². The molecule has 2 rings (SSSR count). The second kappa shape index (κ2) is 2.83. The molecule has 0 aliphatic carbocycles. The molecule has 0 radical (unpaired) electrons. The highest BCUT2D eigenvalue weighted by Crippen LogP contribution is 2.23. The monoisotopic (exact) mass is 181 g/mol. The van der Waals surface area contributed by atoms with E-state index < -0.39 is 6.67 Å². The maximum atomic E-state index is 12.2. The number of aromatic nitrogens is 1. The summed E-state index contributed by atoms with van der Waals surface area (Å²) in [5.74, 6) is 0. The van der Waals surface area contributed by atoms with Crippen LogP contribution in [-0.4, -0.2) is 4.98 Å². The summed E-state index contributed by atoms with van der Waals surface area (Å²) < 4.78 is 13.3. The van der Waals surface area contributed by atoms with Gasteiger partial charge in [0.05, 0.1) is 10.2 Å². The Balaban J connectivity index is 2.67. The molecule has 0 atom stereocenters. The summed E-state index contributed by atoms with van der Waals surface area (Å²) in [4.78, 5) is 4.12. The average molecular weight is 181 g/mol. The van der Waals surface area contributed by atoms with E-state index >= 15 is 0 Å². The van der Waals surface area contributed by atoms with Gasteiger partial charge in [0.2, 0.25) is 0 Å². The molecule has 0 saturated heterocycles. The molecule has 0 amide bonds. The molecular weight excluding hydrogens is 173 g/mol. The van der Waals surface area contributed by atoms with Gasteiger partial charge >= 0.3 is 0 Å². The molecule has 0 spiro atoms. The van der Waals surface area contributed by atoms with E-state index in [2.05, 4.69) is 4.98 Å². The van der Waals surface area contributed by atoms with Crippen molar-refractivity contribution in [2.75, 3.05) is 0 Å². The Hall–Kier alpha value is -0.960. The Morgan fingerprint density at radius 2 is 2.33 bits per heavy atom. The fourth-order valence-corrected chi connectivity index (χ4v) is 2.05. The molecule has 0 aliphatic rings. The first-order valence-electron chi connectivity index (χ1n) is 3.71. The van der Waals surface area contributed by atoms with Gasteiger partial charge in [-0.3, -0.25) is 0 Å².